The molecule has 4 nitrogen and oxygen atoms in total. The van der Waals surface area contributed by atoms with E-state index in [0.717, 1.165) is 6.42 Å². The minimum atomic E-state index is -0.575. The number of carbonyl (C=O) groups is 1. The van der Waals surface area contributed by atoms with Crippen LogP contribution in [0.5, 0.6) is 0 Å². The highest BCUT2D eigenvalue weighted by atomic mass is 16.7. The summed E-state index contributed by atoms with van der Waals surface area (Å²) in [4.78, 5) is 12.2. The Labute approximate surface area is 115 Å². The van der Waals surface area contributed by atoms with Gasteiger partial charge in [0.05, 0.1) is 18.8 Å². The average molecular weight is 268 g/mol. The molecule has 0 bridgehead atoms. The fraction of sp³-hybridized carbons (Fsp3) is 0.800. The Balaban J connectivity index is 2.06. The molecule has 108 valence electrons. The summed E-state index contributed by atoms with van der Waals surface area (Å²) in [5.74, 6) is -0.327. The molecular formula is C15H24O4. The van der Waals surface area contributed by atoms with Crippen LogP contribution >= 0.6 is 0 Å². The van der Waals surface area contributed by atoms with Crippen molar-refractivity contribution < 1.29 is 19.0 Å². The molecule has 0 aromatic carbocycles. The molecule has 2 aliphatic rings. The van der Waals surface area contributed by atoms with Gasteiger partial charge in [0.1, 0.15) is 11.9 Å². The van der Waals surface area contributed by atoms with Gasteiger partial charge in [-0.3, -0.25) is 4.79 Å². The molecule has 4 heteroatoms. The van der Waals surface area contributed by atoms with Crippen LogP contribution in [-0.4, -0.2) is 36.5 Å². The lowest BCUT2D eigenvalue weighted by Crippen LogP contribution is -2.46. The van der Waals surface area contributed by atoms with E-state index in [4.69, 9.17) is 14.2 Å². The van der Waals surface area contributed by atoms with Gasteiger partial charge in [-0.2, -0.15) is 0 Å². The Kier molecular flexibility index (Phi) is 4.43. The SMILES string of the molecule is C/C=C/[C@@H]1O[C@H]([C@H]2COC(C)(C)O2)CC(=O)[C@@H]1CC. The van der Waals surface area contributed by atoms with E-state index in [-0.39, 0.29) is 30.0 Å². The fourth-order valence-electron chi connectivity index (χ4n) is 2.82. The van der Waals surface area contributed by atoms with Crippen molar-refractivity contribution in [2.45, 2.75) is 64.6 Å². The Hall–Kier alpha value is -0.710. The quantitative estimate of drug-likeness (QED) is 0.738. The van der Waals surface area contributed by atoms with Crippen LogP contribution in [-0.2, 0) is 19.0 Å². The molecule has 0 aliphatic carbocycles. The van der Waals surface area contributed by atoms with Gasteiger partial charge >= 0.3 is 0 Å². The monoisotopic (exact) mass is 268 g/mol. The van der Waals surface area contributed by atoms with E-state index >= 15 is 0 Å². The molecule has 2 rings (SSSR count). The highest BCUT2D eigenvalue weighted by molar-refractivity contribution is 5.83. The van der Waals surface area contributed by atoms with Gasteiger partial charge in [-0.15, -0.1) is 0 Å². The zero-order valence-electron chi connectivity index (χ0n) is 12.2. The maximum absolute atomic E-state index is 12.2. The molecule has 4 atom stereocenters. The standard InChI is InChI=1S/C15H24O4/c1-5-7-12-10(6-2)11(16)8-13(18-12)14-9-17-15(3,4)19-14/h5,7,10,12-14H,6,8-9H2,1-4H3/b7-5+/t10-,12-,13-,14+/m0/s1. The smallest absolute Gasteiger partial charge is 0.163 e. The lowest BCUT2D eigenvalue weighted by atomic mass is 9.86. The summed E-state index contributed by atoms with van der Waals surface area (Å²) in [5.41, 5.74) is 0. The summed E-state index contributed by atoms with van der Waals surface area (Å²) in [6.45, 7) is 8.24. The molecule has 0 radical (unpaired) electrons. The summed E-state index contributed by atoms with van der Waals surface area (Å²) in [5, 5.41) is 0. The van der Waals surface area contributed by atoms with Crippen molar-refractivity contribution in [1.29, 1.82) is 0 Å². The molecule has 2 heterocycles. The van der Waals surface area contributed by atoms with E-state index in [2.05, 4.69) is 0 Å². The molecule has 0 aromatic heterocycles. The van der Waals surface area contributed by atoms with Crippen LogP contribution in [0.4, 0.5) is 0 Å². The van der Waals surface area contributed by atoms with Gasteiger partial charge in [0.2, 0.25) is 0 Å². The minimum Gasteiger partial charge on any atom is -0.367 e. The predicted octanol–water partition coefficient (Wildman–Crippen LogP) is 2.47. The lowest BCUT2D eigenvalue weighted by molar-refractivity contribution is -0.176. The van der Waals surface area contributed by atoms with Crippen molar-refractivity contribution in [1.82, 2.24) is 0 Å². The zero-order valence-corrected chi connectivity index (χ0v) is 12.2. The Morgan fingerprint density at radius 2 is 2.11 bits per heavy atom. The van der Waals surface area contributed by atoms with Gasteiger partial charge in [0.25, 0.3) is 0 Å². The number of Topliss-reactive ketones (excluding diaryl/α,β-unsaturated/α-hetero) is 1. The largest absolute Gasteiger partial charge is 0.367 e. The molecule has 0 unspecified atom stereocenters. The van der Waals surface area contributed by atoms with Gasteiger partial charge in [0.15, 0.2) is 5.79 Å². The first-order valence-corrected chi connectivity index (χ1v) is 7.09. The fourth-order valence-corrected chi connectivity index (χ4v) is 2.82. The molecule has 0 saturated carbocycles. The lowest BCUT2D eigenvalue weighted by Gasteiger charge is -2.36. The average Bonchev–Trinajstić information content (AvgIpc) is 2.70. The van der Waals surface area contributed by atoms with Crippen LogP contribution in [0.15, 0.2) is 12.2 Å². The minimum absolute atomic E-state index is 0.0252. The molecule has 2 saturated heterocycles. The van der Waals surface area contributed by atoms with Gasteiger partial charge in [0, 0.05) is 12.3 Å². The number of ether oxygens (including phenoxy) is 3. The Morgan fingerprint density at radius 3 is 2.63 bits per heavy atom. The third-order valence-corrected chi connectivity index (χ3v) is 3.81. The van der Waals surface area contributed by atoms with Crippen LogP contribution in [0.3, 0.4) is 0 Å². The Bertz CT molecular complexity index is 361. The van der Waals surface area contributed by atoms with E-state index in [0.29, 0.717) is 13.0 Å². The molecule has 0 spiro atoms. The van der Waals surface area contributed by atoms with Crippen molar-refractivity contribution in [3.8, 4) is 0 Å². The summed E-state index contributed by atoms with van der Waals surface area (Å²) < 4.78 is 17.4. The molecule has 2 fully saturated rings. The van der Waals surface area contributed by atoms with Crippen LogP contribution < -0.4 is 0 Å². The van der Waals surface area contributed by atoms with Gasteiger partial charge in [-0.1, -0.05) is 19.1 Å². The third-order valence-electron chi connectivity index (χ3n) is 3.81. The number of hydrogen-bond acceptors (Lipinski definition) is 4. The highest BCUT2D eigenvalue weighted by Crippen LogP contribution is 2.32. The maximum Gasteiger partial charge on any atom is 0.163 e. The molecule has 19 heavy (non-hydrogen) atoms. The first-order valence-electron chi connectivity index (χ1n) is 7.09. The predicted molar refractivity (Wildman–Crippen MR) is 71.8 cm³/mol. The summed E-state index contributed by atoms with van der Waals surface area (Å²) >= 11 is 0. The first-order chi connectivity index (χ1) is 8.96. The van der Waals surface area contributed by atoms with Crippen LogP contribution in [0.25, 0.3) is 0 Å². The number of allylic oxidation sites excluding steroid dienone is 1. The van der Waals surface area contributed by atoms with Crippen LogP contribution in [0, 0.1) is 5.92 Å². The second-order valence-electron chi connectivity index (χ2n) is 5.72. The number of rotatable bonds is 3. The first kappa shape index (κ1) is 14.7. The molecule has 0 amide bonds. The zero-order chi connectivity index (χ0) is 14.0. The second-order valence-corrected chi connectivity index (χ2v) is 5.72. The van der Waals surface area contributed by atoms with E-state index in [9.17, 15) is 4.79 Å². The summed E-state index contributed by atoms with van der Waals surface area (Å²) in [6, 6.07) is 0. The maximum atomic E-state index is 12.2. The van der Waals surface area contributed by atoms with E-state index in [1.807, 2.05) is 39.8 Å². The van der Waals surface area contributed by atoms with Crippen molar-refractivity contribution in [3.05, 3.63) is 12.2 Å². The van der Waals surface area contributed by atoms with Gasteiger partial charge in [-0.25, -0.2) is 0 Å². The van der Waals surface area contributed by atoms with Crippen LogP contribution in [0.2, 0.25) is 0 Å². The summed E-state index contributed by atoms with van der Waals surface area (Å²) in [6.07, 6.45) is 4.68. The summed E-state index contributed by atoms with van der Waals surface area (Å²) in [7, 11) is 0. The number of ketones is 1. The third kappa shape index (κ3) is 3.25. The topological polar surface area (TPSA) is 44.8 Å². The van der Waals surface area contributed by atoms with Crippen LogP contribution in [0.1, 0.15) is 40.5 Å². The van der Waals surface area contributed by atoms with Gasteiger partial charge < -0.3 is 14.2 Å². The van der Waals surface area contributed by atoms with E-state index in [1.165, 1.54) is 0 Å². The van der Waals surface area contributed by atoms with Crippen molar-refractivity contribution in [2.24, 2.45) is 5.92 Å². The van der Waals surface area contributed by atoms with E-state index in [1.54, 1.807) is 0 Å². The second kappa shape index (κ2) is 5.73. The number of hydrogen-bond donors (Lipinski definition) is 0. The van der Waals surface area contributed by atoms with Crippen molar-refractivity contribution in [2.75, 3.05) is 6.61 Å². The molecule has 0 N–H and O–H groups in total. The Morgan fingerprint density at radius 1 is 1.37 bits per heavy atom. The molecule has 0 aromatic rings. The van der Waals surface area contributed by atoms with Crippen molar-refractivity contribution in [3.63, 3.8) is 0 Å². The van der Waals surface area contributed by atoms with Gasteiger partial charge in [-0.05, 0) is 27.2 Å². The normalized spacial score (nSPS) is 39.1. The number of carbonyl (C=O) groups excluding carboxylic acids is 1. The van der Waals surface area contributed by atoms with Crippen molar-refractivity contribution >= 4 is 5.78 Å². The highest BCUT2D eigenvalue weighted by Gasteiger charge is 2.44. The van der Waals surface area contributed by atoms with E-state index < -0.39 is 5.79 Å². The molecule has 2 aliphatic heterocycles. The molecular weight excluding hydrogens is 244 g/mol.